The third-order valence-corrected chi connectivity index (χ3v) is 3.63. The molecule has 0 spiro atoms. The third-order valence-electron chi connectivity index (χ3n) is 3.63. The van der Waals surface area contributed by atoms with E-state index in [9.17, 15) is 5.11 Å². The number of phenolic OH excluding ortho intramolecular Hbond substituents is 1. The summed E-state index contributed by atoms with van der Waals surface area (Å²) in [4.78, 5) is 2.38. The Morgan fingerprint density at radius 2 is 1.89 bits per heavy atom. The van der Waals surface area contributed by atoms with Crippen LogP contribution < -0.4 is 0 Å². The molecule has 1 unspecified atom stereocenters. The number of aromatic hydroxyl groups is 1. The summed E-state index contributed by atoms with van der Waals surface area (Å²) >= 11 is 0. The molecule has 0 aromatic heterocycles. The highest BCUT2D eigenvalue weighted by molar-refractivity contribution is 5.37. The molecule has 1 aromatic rings. The number of hydrogen-bond donors (Lipinski definition) is 1. The maximum absolute atomic E-state index is 10.0. The molecule has 1 aromatic carbocycles. The van der Waals surface area contributed by atoms with E-state index >= 15 is 0 Å². The lowest BCUT2D eigenvalue weighted by Crippen LogP contribution is -2.46. The number of rotatable bonds is 2. The predicted octanol–water partition coefficient (Wildman–Crippen LogP) is 2.87. The van der Waals surface area contributed by atoms with Gasteiger partial charge in [-0.05, 0) is 33.8 Å². The van der Waals surface area contributed by atoms with Crippen LogP contribution in [0.25, 0.3) is 0 Å². The Morgan fingerprint density at radius 1 is 1.28 bits per heavy atom. The fourth-order valence-electron chi connectivity index (χ4n) is 2.74. The van der Waals surface area contributed by atoms with Crippen LogP contribution >= 0.6 is 0 Å². The molecule has 3 heteroatoms. The fraction of sp³-hybridized carbons (Fsp3) is 0.600. The van der Waals surface area contributed by atoms with E-state index < -0.39 is 0 Å². The van der Waals surface area contributed by atoms with Gasteiger partial charge in [0.15, 0.2) is 0 Å². The molecule has 0 amide bonds. The molecule has 1 heterocycles. The molecule has 3 nitrogen and oxygen atoms in total. The number of phenols is 1. The van der Waals surface area contributed by atoms with Crippen molar-refractivity contribution >= 4 is 0 Å². The van der Waals surface area contributed by atoms with Crippen LogP contribution in [-0.2, 0) is 4.74 Å². The molecule has 0 radical (unpaired) electrons. The first-order valence-electron chi connectivity index (χ1n) is 6.66. The summed E-state index contributed by atoms with van der Waals surface area (Å²) in [5, 5.41) is 10.0. The molecule has 1 fully saturated rings. The number of morpholine rings is 1. The molecular formula is C15H23NO2. The lowest BCUT2D eigenvalue weighted by atomic mass is 10.0. The van der Waals surface area contributed by atoms with Crippen LogP contribution in [0.5, 0.6) is 5.75 Å². The summed E-state index contributed by atoms with van der Waals surface area (Å²) in [6.07, 6.45) is 0.506. The number of nitrogens with zero attached hydrogens (tertiary/aromatic N) is 1. The first kappa shape index (κ1) is 13.4. The van der Waals surface area contributed by atoms with Gasteiger partial charge in [0.25, 0.3) is 0 Å². The van der Waals surface area contributed by atoms with E-state index in [1.807, 2.05) is 6.07 Å². The van der Waals surface area contributed by atoms with Crippen molar-refractivity contribution in [3.05, 3.63) is 29.3 Å². The Kier molecular flexibility index (Phi) is 3.93. The van der Waals surface area contributed by atoms with Gasteiger partial charge in [-0.15, -0.1) is 0 Å². The van der Waals surface area contributed by atoms with Crippen molar-refractivity contribution in [2.24, 2.45) is 0 Å². The minimum Gasteiger partial charge on any atom is -0.508 e. The molecule has 0 bridgehead atoms. The predicted molar refractivity (Wildman–Crippen MR) is 72.8 cm³/mol. The number of hydrogen-bond acceptors (Lipinski definition) is 3. The van der Waals surface area contributed by atoms with E-state index in [0.717, 1.165) is 18.7 Å². The van der Waals surface area contributed by atoms with Gasteiger partial charge in [0, 0.05) is 24.7 Å². The van der Waals surface area contributed by atoms with Crippen molar-refractivity contribution in [3.63, 3.8) is 0 Å². The largest absolute Gasteiger partial charge is 0.508 e. The van der Waals surface area contributed by atoms with Gasteiger partial charge in [-0.2, -0.15) is 0 Å². The Morgan fingerprint density at radius 3 is 2.50 bits per heavy atom. The summed E-state index contributed by atoms with van der Waals surface area (Å²) in [5.74, 6) is 0.389. The number of aryl methyl sites for hydroxylation is 1. The topological polar surface area (TPSA) is 32.7 Å². The van der Waals surface area contributed by atoms with Gasteiger partial charge in [0.05, 0.1) is 12.2 Å². The zero-order valence-corrected chi connectivity index (χ0v) is 11.7. The van der Waals surface area contributed by atoms with Gasteiger partial charge >= 0.3 is 0 Å². The van der Waals surface area contributed by atoms with Crippen molar-refractivity contribution in [2.75, 3.05) is 13.1 Å². The standard InChI is InChI=1S/C15H23NO2/c1-10-5-6-15(17)14(7-10)13(4)16-8-11(2)18-12(3)9-16/h5-7,11-13,17H,8-9H2,1-4H3/t11-,12+,13?. The van der Waals surface area contributed by atoms with Gasteiger partial charge in [0.1, 0.15) is 5.75 Å². The van der Waals surface area contributed by atoms with Crippen molar-refractivity contribution < 1.29 is 9.84 Å². The average Bonchev–Trinajstić information content (AvgIpc) is 2.30. The van der Waals surface area contributed by atoms with Crippen molar-refractivity contribution in [1.82, 2.24) is 4.90 Å². The van der Waals surface area contributed by atoms with Crippen LogP contribution in [0.2, 0.25) is 0 Å². The van der Waals surface area contributed by atoms with E-state index in [2.05, 4.69) is 38.7 Å². The molecule has 2 rings (SSSR count). The van der Waals surface area contributed by atoms with Crippen LogP contribution in [0.15, 0.2) is 18.2 Å². The maximum Gasteiger partial charge on any atom is 0.120 e. The van der Waals surface area contributed by atoms with Crippen LogP contribution in [-0.4, -0.2) is 35.3 Å². The molecule has 3 atom stereocenters. The molecule has 0 aliphatic carbocycles. The molecule has 100 valence electrons. The summed E-state index contributed by atoms with van der Waals surface area (Å²) in [7, 11) is 0. The molecule has 1 N–H and O–H groups in total. The normalized spacial score (nSPS) is 27.1. The highest BCUT2D eigenvalue weighted by atomic mass is 16.5. The zero-order valence-electron chi connectivity index (χ0n) is 11.7. The van der Waals surface area contributed by atoms with Crippen LogP contribution in [0.1, 0.15) is 37.9 Å². The number of benzene rings is 1. The zero-order chi connectivity index (χ0) is 13.3. The van der Waals surface area contributed by atoms with E-state index in [4.69, 9.17) is 4.74 Å². The van der Waals surface area contributed by atoms with Crippen LogP contribution in [0.3, 0.4) is 0 Å². The monoisotopic (exact) mass is 249 g/mol. The first-order valence-corrected chi connectivity index (χ1v) is 6.66. The highest BCUT2D eigenvalue weighted by Gasteiger charge is 2.27. The minimum absolute atomic E-state index is 0.221. The molecule has 0 saturated carbocycles. The Balaban J connectivity index is 2.19. The molecule has 1 aliphatic rings. The second kappa shape index (κ2) is 5.29. The Bertz CT molecular complexity index is 409. The van der Waals surface area contributed by atoms with Crippen molar-refractivity contribution in [2.45, 2.75) is 45.9 Å². The summed E-state index contributed by atoms with van der Waals surface area (Å²) in [5.41, 5.74) is 2.19. The summed E-state index contributed by atoms with van der Waals surface area (Å²) in [6, 6.07) is 6.02. The van der Waals surface area contributed by atoms with Gasteiger partial charge in [0.2, 0.25) is 0 Å². The van der Waals surface area contributed by atoms with Crippen LogP contribution in [0, 0.1) is 6.92 Å². The number of ether oxygens (including phenoxy) is 1. The van der Waals surface area contributed by atoms with Gasteiger partial charge < -0.3 is 9.84 Å². The fourth-order valence-corrected chi connectivity index (χ4v) is 2.74. The SMILES string of the molecule is Cc1ccc(O)c(C(C)N2C[C@@H](C)O[C@@H](C)C2)c1. The van der Waals surface area contributed by atoms with Gasteiger partial charge in [-0.25, -0.2) is 0 Å². The van der Waals surface area contributed by atoms with Crippen molar-refractivity contribution in [3.8, 4) is 5.75 Å². The highest BCUT2D eigenvalue weighted by Crippen LogP contribution is 2.31. The lowest BCUT2D eigenvalue weighted by Gasteiger charge is -2.39. The third kappa shape index (κ3) is 2.85. The van der Waals surface area contributed by atoms with Gasteiger partial charge in [-0.1, -0.05) is 17.7 Å². The molecular weight excluding hydrogens is 226 g/mol. The molecule has 1 saturated heterocycles. The Labute approximate surface area is 109 Å². The molecule has 1 aliphatic heterocycles. The summed E-state index contributed by atoms with van der Waals surface area (Å²) < 4.78 is 5.75. The van der Waals surface area contributed by atoms with E-state index in [1.54, 1.807) is 6.07 Å². The van der Waals surface area contributed by atoms with E-state index in [1.165, 1.54) is 5.56 Å². The van der Waals surface area contributed by atoms with E-state index in [0.29, 0.717) is 5.75 Å². The summed E-state index contributed by atoms with van der Waals surface area (Å²) in [6.45, 7) is 10.2. The quantitative estimate of drug-likeness (QED) is 0.875. The second-order valence-corrected chi connectivity index (χ2v) is 5.45. The lowest BCUT2D eigenvalue weighted by molar-refractivity contribution is -0.0791. The smallest absolute Gasteiger partial charge is 0.120 e. The van der Waals surface area contributed by atoms with Crippen LogP contribution in [0.4, 0.5) is 0 Å². The first-order chi connectivity index (χ1) is 8.47. The van der Waals surface area contributed by atoms with Gasteiger partial charge in [-0.3, -0.25) is 4.90 Å². The minimum atomic E-state index is 0.221. The molecule has 18 heavy (non-hydrogen) atoms. The second-order valence-electron chi connectivity index (χ2n) is 5.45. The Hall–Kier alpha value is -1.06. The van der Waals surface area contributed by atoms with E-state index in [-0.39, 0.29) is 18.2 Å². The average molecular weight is 249 g/mol. The maximum atomic E-state index is 10.0. The van der Waals surface area contributed by atoms with Crippen molar-refractivity contribution in [1.29, 1.82) is 0 Å².